The van der Waals surface area contributed by atoms with Crippen molar-refractivity contribution in [2.24, 2.45) is 4.99 Å². The summed E-state index contributed by atoms with van der Waals surface area (Å²) in [6, 6.07) is 16.4. The molecule has 0 unspecified atom stereocenters. The number of nitrogens with one attached hydrogen (secondary N) is 1. The summed E-state index contributed by atoms with van der Waals surface area (Å²) in [4.78, 5) is 4.74. The third-order valence-corrected chi connectivity index (χ3v) is 3.45. The van der Waals surface area contributed by atoms with Crippen LogP contribution in [0.25, 0.3) is 0 Å². The number of nitrogens with zero attached hydrogens (tertiary/aromatic N) is 1. The molecule has 1 N–H and O–H groups in total. The Balaban J connectivity index is 2.29. The quantitative estimate of drug-likeness (QED) is 0.628. The molecular formula is C16H18N2S. The van der Waals surface area contributed by atoms with Gasteiger partial charge in [0, 0.05) is 5.69 Å². The monoisotopic (exact) mass is 270 g/mol. The summed E-state index contributed by atoms with van der Waals surface area (Å²) in [6.45, 7) is 4.18. The molecule has 2 aromatic rings. The lowest BCUT2D eigenvalue weighted by atomic mass is 10.1. The van der Waals surface area contributed by atoms with Gasteiger partial charge in [-0.2, -0.15) is 0 Å². The number of hydrogen-bond donors (Lipinski definition) is 1. The van der Waals surface area contributed by atoms with Gasteiger partial charge in [-0.25, -0.2) is 4.99 Å². The van der Waals surface area contributed by atoms with Crippen LogP contribution < -0.4 is 5.32 Å². The third kappa shape index (κ3) is 3.61. The van der Waals surface area contributed by atoms with Crippen molar-refractivity contribution in [2.75, 3.05) is 11.6 Å². The zero-order valence-electron chi connectivity index (χ0n) is 11.5. The van der Waals surface area contributed by atoms with Crippen LogP contribution in [0.4, 0.5) is 11.4 Å². The Kier molecular flexibility index (Phi) is 4.63. The van der Waals surface area contributed by atoms with Crippen molar-refractivity contribution in [1.29, 1.82) is 0 Å². The fraction of sp³-hybridized carbons (Fsp3) is 0.188. The van der Waals surface area contributed by atoms with Crippen molar-refractivity contribution in [1.82, 2.24) is 0 Å². The van der Waals surface area contributed by atoms with Crippen LogP contribution in [0, 0.1) is 13.8 Å². The average Bonchev–Trinajstić information content (AvgIpc) is 2.43. The van der Waals surface area contributed by atoms with Crippen molar-refractivity contribution >= 4 is 28.3 Å². The number of anilines is 1. The van der Waals surface area contributed by atoms with Gasteiger partial charge in [-0.3, -0.25) is 0 Å². The number of aliphatic imine (C=N–C) groups is 1. The van der Waals surface area contributed by atoms with Gasteiger partial charge in [-0.15, -0.1) is 0 Å². The molecule has 2 nitrogen and oxygen atoms in total. The van der Waals surface area contributed by atoms with E-state index in [9.17, 15) is 0 Å². The highest BCUT2D eigenvalue weighted by Gasteiger charge is 2.03. The summed E-state index contributed by atoms with van der Waals surface area (Å²) in [6.07, 6.45) is 2.03. The molecule has 0 spiro atoms. The molecule has 2 rings (SSSR count). The second kappa shape index (κ2) is 6.43. The minimum Gasteiger partial charge on any atom is -0.335 e. The largest absolute Gasteiger partial charge is 0.335 e. The van der Waals surface area contributed by atoms with Gasteiger partial charge in [0.25, 0.3) is 0 Å². The highest BCUT2D eigenvalue weighted by atomic mass is 32.2. The number of benzene rings is 2. The molecule has 0 aliphatic carbocycles. The third-order valence-electron chi connectivity index (χ3n) is 2.87. The Labute approximate surface area is 119 Å². The van der Waals surface area contributed by atoms with E-state index in [0.29, 0.717) is 0 Å². The summed E-state index contributed by atoms with van der Waals surface area (Å²) < 4.78 is 0. The fourth-order valence-electron chi connectivity index (χ4n) is 1.85. The predicted octanol–water partition coefficient (Wildman–Crippen LogP) is 4.77. The molecule has 0 saturated carbocycles. The van der Waals surface area contributed by atoms with Crippen LogP contribution in [0.3, 0.4) is 0 Å². The molecule has 98 valence electrons. The van der Waals surface area contributed by atoms with Gasteiger partial charge in [0.1, 0.15) is 0 Å². The molecule has 3 heteroatoms. The second-order valence-corrected chi connectivity index (χ2v) is 5.15. The average molecular weight is 270 g/mol. The maximum atomic E-state index is 4.74. The van der Waals surface area contributed by atoms with Gasteiger partial charge >= 0.3 is 0 Å². The Bertz CT molecular complexity index is 556. The first-order chi connectivity index (χ1) is 9.20. The maximum Gasteiger partial charge on any atom is 0.165 e. The zero-order chi connectivity index (χ0) is 13.7. The van der Waals surface area contributed by atoms with Gasteiger partial charge in [0.15, 0.2) is 5.17 Å². The standard InChI is InChI=1S/C16H18N2S/c1-12-8-7-9-13(2)15(12)18-16(19-3)17-14-10-5-4-6-11-14/h4-11H,1-3H3,(H,17,18). The van der Waals surface area contributed by atoms with E-state index >= 15 is 0 Å². The molecule has 0 amide bonds. The Morgan fingerprint density at radius 1 is 0.947 bits per heavy atom. The van der Waals surface area contributed by atoms with Crippen molar-refractivity contribution < 1.29 is 0 Å². The summed E-state index contributed by atoms with van der Waals surface area (Å²) >= 11 is 1.62. The van der Waals surface area contributed by atoms with E-state index in [1.807, 2.05) is 36.6 Å². The molecule has 0 aliphatic heterocycles. The number of thioether (sulfide) groups is 1. The molecule has 0 saturated heterocycles. The predicted molar refractivity (Wildman–Crippen MR) is 86.6 cm³/mol. The second-order valence-electron chi connectivity index (χ2n) is 4.35. The van der Waals surface area contributed by atoms with Crippen molar-refractivity contribution in [2.45, 2.75) is 13.8 Å². The highest BCUT2D eigenvalue weighted by Crippen LogP contribution is 2.24. The first-order valence-electron chi connectivity index (χ1n) is 6.21. The number of amidine groups is 1. The van der Waals surface area contributed by atoms with Crippen LogP contribution in [0.5, 0.6) is 0 Å². The molecule has 0 aromatic heterocycles. The van der Waals surface area contributed by atoms with E-state index in [1.165, 1.54) is 11.1 Å². The van der Waals surface area contributed by atoms with Crippen LogP contribution in [0.2, 0.25) is 0 Å². The van der Waals surface area contributed by atoms with E-state index in [0.717, 1.165) is 16.5 Å². The SMILES string of the molecule is CSC(=Nc1c(C)cccc1C)Nc1ccccc1. The maximum absolute atomic E-state index is 4.74. The Morgan fingerprint density at radius 2 is 1.58 bits per heavy atom. The van der Waals surface area contributed by atoms with Gasteiger partial charge in [0.2, 0.25) is 0 Å². The Morgan fingerprint density at radius 3 is 2.16 bits per heavy atom. The lowest BCUT2D eigenvalue weighted by Crippen LogP contribution is -2.06. The van der Waals surface area contributed by atoms with Gasteiger partial charge in [0.05, 0.1) is 5.69 Å². The van der Waals surface area contributed by atoms with Crippen LogP contribution in [-0.2, 0) is 0 Å². The van der Waals surface area contributed by atoms with Crippen molar-refractivity contribution in [3.63, 3.8) is 0 Å². The molecule has 0 aliphatic rings. The summed E-state index contributed by atoms with van der Waals surface area (Å²) in [5.41, 5.74) is 4.50. The van der Waals surface area contributed by atoms with Gasteiger partial charge in [-0.1, -0.05) is 48.2 Å². The van der Waals surface area contributed by atoms with Crippen LogP contribution in [0.15, 0.2) is 53.5 Å². The lowest BCUT2D eigenvalue weighted by molar-refractivity contribution is 1.33. The topological polar surface area (TPSA) is 24.4 Å². The van der Waals surface area contributed by atoms with E-state index in [4.69, 9.17) is 4.99 Å². The van der Waals surface area contributed by atoms with E-state index in [-0.39, 0.29) is 0 Å². The highest BCUT2D eigenvalue weighted by molar-refractivity contribution is 8.13. The van der Waals surface area contributed by atoms with Gasteiger partial charge in [-0.05, 0) is 43.4 Å². The first kappa shape index (κ1) is 13.7. The first-order valence-corrected chi connectivity index (χ1v) is 7.44. The molecule has 0 heterocycles. The number of hydrogen-bond acceptors (Lipinski definition) is 2. The summed E-state index contributed by atoms with van der Waals surface area (Å²) in [5.74, 6) is 0. The van der Waals surface area contributed by atoms with E-state index in [2.05, 4.69) is 37.4 Å². The molecule has 0 atom stereocenters. The summed E-state index contributed by atoms with van der Waals surface area (Å²) in [7, 11) is 0. The molecule has 0 fully saturated rings. The number of aryl methyl sites for hydroxylation is 2. The fourth-order valence-corrected chi connectivity index (χ4v) is 2.26. The molecular weight excluding hydrogens is 252 g/mol. The van der Waals surface area contributed by atoms with E-state index in [1.54, 1.807) is 11.8 Å². The molecule has 2 aromatic carbocycles. The number of rotatable bonds is 2. The van der Waals surface area contributed by atoms with Crippen LogP contribution in [0.1, 0.15) is 11.1 Å². The molecule has 0 bridgehead atoms. The number of para-hydroxylation sites is 2. The van der Waals surface area contributed by atoms with Crippen molar-refractivity contribution in [3.8, 4) is 0 Å². The molecule has 0 radical (unpaired) electrons. The Hall–Kier alpha value is -1.74. The van der Waals surface area contributed by atoms with Crippen molar-refractivity contribution in [3.05, 3.63) is 59.7 Å². The summed E-state index contributed by atoms with van der Waals surface area (Å²) in [5, 5.41) is 4.25. The smallest absolute Gasteiger partial charge is 0.165 e. The van der Waals surface area contributed by atoms with E-state index < -0.39 is 0 Å². The molecule has 19 heavy (non-hydrogen) atoms. The van der Waals surface area contributed by atoms with Crippen LogP contribution in [-0.4, -0.2) is 11.4 Å². The normalized spacial score (nSPS) is 11.4. The lowest BCUT2D eigenvalue weighted by Gasteiger charge is -2.10. The zero-order valence-corrected chi connectivity index (χ0v) is 12.3. The minimum absolute atomic E-state index is 0.906. The van der Waals surface area contributed by atoms with Crippen LogP contribution >= 0.6 is 11.8 Å². The minimum atomic E-state index is 0.906. The van der Waals surface area contributed by atoms with Gasteiger partial charge < -0.3 is 5.32 Å².